The Kier molecular flexibility index (Phi) is 6.14. The molecule has 6 nitrogen and oxygen atoms in total. The number of nitrogens with one attached hydrogen (secondary N) is 1. The first-order valence-electron chi connectivity index (χ1n) is 7.95. The standard InChI is InChI=1S/C17H23N3O3/c1-13(2)23-15-8-6-14(7-9-15)12-18-19-16(21)17(22)20-10-4-3-5-11-20/h6-9,12-13H,3-5,10-11H2,1-2H3,(H,19,21)/b18-12-. The predicted molar refractivity (Wildman–Crippen MR) is 88.4 cm³/mol. The van der Waals surface area contributed by atoms with Gasteiger partial charge in [-0.05, 0) is 62.9 Å². The SMILES string of the molecule is CC(C)Oc1ccc(/C=N\NC(=O)C(=O)N2CCCCC2)cc1. The van der Waals surface area contributed by atoms with Crippen LogP contribution in [0.25, 0.3) is 0 Å². The Labute approximate surface area is 136 Å². The maximum absolute atomic E-state index is 11.9. The van der Waals surface area contributed by atoms with E-state index < -0.39 is 11.8 Å². The molecule has 2 rings (SSSR count). The third-order valence-corrected chi connectivity index (χ3v) is 3.47. The van der Waals surface area contributed by atoms with Crippen LogP contribution < -0.4 is 10.2 Å². The average Bonchev–Trinajstić information content (AvgIpc) is 2.56. The molecule has 0 aromatic heterocycles. The van der Waals surface area contributed by atoms with Crippen LogP contribution in [0.4, 0.5) is 0 Å². The summed E-state index contributed by atoms with van der Waals surface area (Å²) in [6.45, 7) is 5.22. The lowest BCUT2D eigenvalue weighted by Gasteiger charge is -2.25. The van der Waals surface area contributed by atoms with Gasteiger partial charge in [0.1, 0.15) is 5.75 Å². The first-order chi connectivity index (χ1) is 11.1. The second-order valence-corrected chi connectivity index (χ2v) is 5.79. The molecule has 0 saturated carbocycles. The smallest absolute Gasteiger partial charge is 0.329 e. The van der Waals surface area contributed by atoms with E-state index in [9.17, 15) is 9.59 Å². The van der Waals surface area contributed by atoms with Crippen molar-refractivity contribution < 1.29 is 14.3 Å². The maximum atomic E-state index is 11.9. The summed E-state index contributed by atoms with van der Waals surface area (Å²) in [4.78, 5) is 25.3. The van der Waals surface area contributed by atoms with Crippen molar-refractivity contribution in [2.24, 2.45) is 5.10 Å². The number of carbonyl (C=O) groups excluding carboxylic acids is 2. The fraction of sp³-hybridized carbons (Fsp3) is 0.471. The van der Waals surface area contributed by atoms with E-state index in [0.29, 0.717) is 13.1 Å². The van der Waals surface area contributed by atoms with Crippen molar-refractivity contribution >= 4 is 18.0 Å². The summed E-state index contributed by atoms with van der Waals surface area (Å²) >= 11 is 0. The van der Waals surface area contributed by atoms with Gasteiger partial charge in [0.05, 0.1) is 12.3 Å². The van der Waals surface area contributed by atoms with Crippen molar-refractivity contribution in [3.8, 4) is 5.75 Å². The Balaban J connectivity index is 1.83. The molecule has 0 bridgehead atoms. The highest BCUT2D eigenvalue weighted by atomic mass is 16.5. The van der Waals surface area contributed by atoms with E-state index in [1.165, 1.54) is 6.21 Å². The maximum Gasteiger partial charge on any atom is 0.329 e. The fourth-order valence-corrected chi connectivity index (χ4v) is 2.36. The number of hydrogen-bond donors (Lipinski definition) is 1. The molecule has 0 unspecified atom stereocenters. The number of likely N-dealkylation sites (tertiary alicyclic amines) is 1. The van der Waals surface area contributed by atoms with E-state index >= 15 is 0 Å². The van der Waals surface area contributed by atoms with Gasteiger partial charge < -0.3 is 9.64 Å². The zero-order valence-corrected chi connectivity index (χ0v) is 13.6. The summed E-state index contributed by atoms with van der Waals surface area (Å²) in [6, 6.07) is 7.34. The van der Waals surface area contributed by atoms with Crippen molar-refractivity contribution in [2.45, 2.75) is 39.2 Å². The van der Waals surface area contributed by atoms with Gasteiger partial charge in [0, 0.05) is 13.1 Å². The molecular formula is C17H23N3O3. The Morgan fingerprint density at radius 1 is 1.17 bits per heavy atom. The van der Waals surface area contributed by atoms with Crippen LogP contribution in [0, 0.1) is 0 Å². The molecule has 1 heterocycles. The van der Waals surface area contributed by atoms with E-state index in [1.807, 2.05) is 38.1 Å². The van der Waals surface area contributed by atoms with Gasteiger partial charge in [-0.1, -0.05) is 0 Å². The minimum absolute atomic E-state index is 0.120. The summed E-state index contributed by atoms with van der Waals surface area (Å²) in [6.07, 6.45) is 4.63. The first kappa shape index (κ1) is 17.0. The lowest BCUT2D eigenvalue weighted by Crippen LogP contribution is -2.43. The summed E-state index contributed by atoms with van der Waals surface area (Å²) in [5.41, 5.74) is 3.09. The van der Waals surface area contributed by atoms with Crippen LogP contribution in [-0.2, 0) is 9.59 Å². The number of benzene rings is 1. The Morgan fingerprint density at radius 3 is 2.43 bits per heavy atom. The molecule has 6 heteroatoms. The van der Waals surface area contributed by atoms with E-state index in [4.69, 9.17) is 4.74 Å². The fourth-order valence-electron chi connectivity index (χ4n) is 2.36. The molecule has 0 atom stereocenters. The van der Waals surface area contributed by atoms with E-state index in [1.54, 1.807) is 4.90 Å². The summed E-state index contributed by atoms with van der Waals surface area (Å²) < 4.78 is 5.55. The summed E-state index contributed by atoms with van der Waals surface area (Å²) in [5, 5.41) is 3.84. The number of nitrogens with zero attached hydrogens (tertiary/aromatic N) is 2. The van der Waals surface area contributed by atoms with Crippen LogP contribution in [0.2, 0.25) is 0 Å². The second-order valence-electron chi connectivity index (χ2n) is 5.79. The van der Waals surface area contributed by atoms with Crippen molar-refractivity contribution in [3.63, 3.8) is 0 Å². The molecule has 1 aromatic rings. The molecular weight excluding hydrogens is 294 g/mol. The van der Waals surface area contributed by atoms with E-state index in [0.717, 1.165) is 30.6 Å². The van der Waals surface area contributed by atoms with Crippen molar-refractivity contribution in [1.82, 2.24) is 10.3 Å². The van der Waals surface area contributed by atoms with Gasteiger partial charge in [-0.25, -0.2) is 5.43 Å². The monoisotopic (exact) mass is 317 g/mol. The van der Waals surface area contributed by atoms with Gasteiger partial charge in [-0.3, -0.25) is 9.59 Å². The normalized spacial score (nSPS) is 15.0. The van der Waals surface area contributed by atoms with Crippen molar-refractivity contribution in [3.05, 3.63) is 29.8 Å². The van der Waals surface area contributed by atoms with Crippen LogP contribution in [0.1, 0.15) is 38.7 Å². The van der Waals surface area contributed by atoms with Crippen LogP contribution in [-0.4, -0.2) is 42.1 Å². The molecule has 1 aromatic carbocycles. The Hall–Kier alpha value is -2.37. The highest BCUT2D eigenvalue weighted by Gasteiger charge is 2.22. The molecule has 1 fully saturated rings. The zero-order valence-electron chi connectivity index (χ0n) is 13.6. The highest BCUT2D eigenvalue weighted by molar-refractivity contribution is 6.35. The van der Waals surface area contributed by atoms with E-state index in [-0.39, 0.29) is 6.10 Å². The predicted octanol–water partition coefficient (Wildman–Crippen LogP) is 1.94. The number of amides is 2. The van der Waals surface area contributed by atoms with Gasteiger partial charge in [0.15, 0.2) is 0 Å². The van der Waals surface area contributed by atoms with Crippen LogP contribution in [0.5, 0.6) is 5.75 Å². The average molecular weight is 317 g/mol. The molecule has 1 aliphatic heterocycles. The quantitative estimate of drug-likeness (QED) is 0.524. The summed E-state index contributed by atoms with van der Waals surface area (Å²) in [5.74, 6) is -0.424. The van der Waals surface area contributed by atoms with E-state index in [2.05, 4.69) is 10.5 Å². The molecule has 1 N–H and O–H groups in total. The highest BCUT2D eigenvalue weighted by Crippen LogP contribution is 2.12. The Morgan fingerprint density at radius 2 is 1.83 bits per heavy atom. The minimum Gasteiger partial charge on any atom is -0.491 e. The number of ether oxygens (including phenoxy) is 1. The number of piperidine rings is 1. The van der Waals surface area contributed by atoms with Crippen molar-refractivity contribution in [2.75, 3.05) is 13.1 Å². The molecule has 1 aliphatic rings. The van der Waals surface area contributed by atoms with Gasteiger partial charge in [-0.2, -0.15) is 5.10 Å². The third kappa shape index (κ3) is 5.39. The van der Waals surface area contributed by atoms with Gasteiger partial charge in [0.25, 0.3) is 0 Å². The number of hydrazone groups is 1. The lowest BCUT2D eigenvalue weighted by molar-refractivity contribution is -0.146. The molecule has 124 valence electrons. The van der Waals surface area contributed by atoms with Crippen molar-refractivity contribution in [1.29, 1.82) is 0 Å². The topological polar surface area (TPSA) is 71.0 Å². The lowest BCUT2D eigenvalue weighted by atomic mass is 10.1. The third-order valence-electron chi connectivity index (χ3n) is 3.47. The molecule has 1 saturated heterocycles. The van der Waals surface area contributed by atoms with Gasteiger partial charge in [-0.15, -0.1) is 0 Å². The Bertz CT molecular complexity index is 561. The molecule has 2 amide bonds. The van der Waals surface area contributed by atoms with Gasteiger partial charge >= 0.3 is 11.8 Å². The molecule has 0 aliphatic carbocycles. The zero-order chi connectivity index (χ0) is 16.7. The summed E-state index contributed by atoms with van der Waals surface area (Å²) in [7, 11) is 0. The number of hydrogen-bond acceptors (Lipinski definition) is 4. The van der Waals surface area contributed by atoms with Crippen LogP contribution >= 0.6 is 0 Å². The molecule has 23 heavy (non-hydrogen) atoms. The first-order valence-corrected chi connectivity index (χ1v) is 7.95. The second kappa shape index (κ2) is 8.31. The van der Waals surface area contributed by atoms with Crippen LogP contribution in [0.15, 0.2) is 29.4 Å². The molecule has 0 radical (unpaired) electrons. The number of carbonyl (C=O) groups is 2. The minimum atomic E-state index is -0.692. The number of rotatable bonds is 4. The molecule has 0 spiro atoms. The van der Waals surface area contributed by atoms with Gasteiger partial charge in [0.2, 0.25) is 0 Å². The van der Waals surface area contributed by atoms with Crippen LogP contribution in [0.3, 0.4) is 0 Å². The largest absolute Gasteiger partial charge is 0.491 e.